The molecule has 1 atom stereocenters. The van der Waals surface area contributed by atoms with E-state index in [4.69, 9.17) is 0 Å². The third kappa shape index (κ3) is 3.41. The number of hydrogen-bond acceptors (Lipinski definition) is 3. The molecule has 1 fully saturated rings. The number of carbonyl (C=O) groups excluding carboxylic acids is 1. The van der Waals surface area contributed by atoms with E-state index in [2.05, 4.69) is 26.3 Å². The fourth-order valence-corrected chi connectivity index (χ4v) is 3.07. The maximum Gasteiger partial charge on any atom is 0.239 e. The van der Waals surface area contributed by atoms with Crippen LogP contribution in [0.15, 0.2) is 4.47 Å². The molecule has 1 saturated heterocycles. The number of amides is 1. The van der Waals surface area contributed by atoms with Gasteiger partial charge in [0.1, 0.15) is 0 Å². The zero-order chi connectivity index (χ0) is 14.7. The highest BCUT2D eigenvalue weighted by atomic mass is 79.9. The van der Waals surface area contributed by atoms with Crippen molar-refractivity contribution in [3.8, 4) is 0 Å². The number of aryl methyl sites for hydroxylation is 2. The van der Waals surface area contributed by atoms with Gasteiger partial charge in [-0.3, -0.25) is 9.48 Å². The summed E-state index contributed by atoms with van der Waals surface area (Å²) < 4.78 is 2.87. The molecule has 1 aromatic rings. The Kier molecular flexibility index (Phi) is 5.21. The van der Waals surface area contributed by atoms with Crippen molar-refractivity contribution in [2.45, 2.75) is 45.7 Å². The van der Waals surface area contributed by atoms with Crippen LogP contribution in [-0.4, -0.2) is 39.7 Å². The number of halogens is 1. The van der Waals surface area contributed by atoms with E-state index in [0.717, 1.165) is 41.8 Å². The smallest absolute Gasteiger partial charge is 0.239 e. The van der Waals surface area contributed by atoms with Gasteiger partial charge in [-0.2, -0.15) is 5.10 Å². The normalized spacial score (nSPS) is 17.3. The largest absolute Gasteiger partial charge is 0.341 e. The standard InChI is InChI=1S/C14H23BrN4O/c1-10-13(15)12(18(3)17-10)9-16-11(2)14(20)19-7-5-4-6-8-19/h11,16H,4-9H2,1-3H3. The van der Waals surface area contributed by atoms with Crippen LogP contribution in [-0.2, 0) is 18.4 Å². The van der Waals surface area contributed by atoms with E-state index < -0.39 is 0 Å². The van der Waals surface area contributed by atoms with Gasteiger partial charge in [0.25, 0.3) is 0 Å². The summed E-state index contributed by atoms with van der Waals surface area (Å²) in [6.07, 6.45) is 3.50. The summed E-state index contributed by atoms with van der Waals surface area (Å²) in [5.74, 6) is 0.208. The van der Waals surface area contributed by atoms with Crippen LogP contribution in [0.3, 0.4) is 0 Å². The third-order valence-corrected chi connectivity index (χ3v) is 4.91. The summed E-state index contributed by atoms with van der Waals surface area (Å²) in [6.45, 7) is 6.35. The number of carbonyl (C=O) groups is 1. The van der Waals surface area contributed by atoms with Crippen LogP contribution in [0, 0.1) is 6.92 Å². The Morgan fingerprint density at radius 3 is 2.60 bits per heavy atom. The predicted molar refractivity (Wildman–Crippen MR) is 82.4 cm³/mol. The highest BCUT2D eigenvalue weighted by Gasteiger charge is 2.22. The molecule has 112 valence electrons. The van der Waals surface area contributed by atoms with Gasteiger partial charge in [-0.25, -0.2) is 0 Å². The Hall–Kier alpha value is -0.880. The van der Waals surface area contributed by atoms with E-state index in [1.165, 1.54) is 6.42 Å². The van der Waals surface area contributed by atoms with Crippen molar-refractivity contribution in [2.24, 2.45) is 7.05 Å². The zero-order valence-electron chi connectivity index (χ0n) is 12.4. The van der Waals surface area contributed by atoms with Crippen LogP contribution in [0.4, 0.5) is 0 Å². The molecule has 1 aliphatic rings. The van der Waals surface area contributed by atoms with Crippen LogP contribution >= 0.6 is 15.9 Å². The Labute approximate surface area is 128 Å². The van der Waals surface area contributed by atoms with E-state index in [1.54, 1.807) is 0 Å². The molecule has 1 aromatic heterocycles. The minimum atomic E-state index is -0.157. The number of aromatic nitrogens is 2. The first-order chi connectivity index (χ1) is 9.50. The van der Waals surface area contributed by atoms with Gasteiger partial charge in [0.15, 0.2) is 0 Å². The molecular formula is C14H23BrN4O. The maximum atomic E-state index is 12.3. The highest BCUT2D eigenvalue weighted by Crippen LogP contribution is 2.20. The minimum absolute atomic E-state index is 0.157. The average molecular weight is 343 g/mol. The Morgan fingerprint density at radius 1 is 1.40 bits per heavy atom. The van der Waals surface area contributed by atoms with E-state index in [0.29, 0.717) is 6.54 Å². The second-order valence-electron chi connectivity index (χ2n) is 5.46. The van der Waals surface area contributed by atoms with Gasteiger partial charge in [0.05, 0.1) is 21.9 Å². The van der Waals surface area contributed by atoms with Crippen molar-refractivity contribution in [2.75, 3.05) is 13.1 Å². The lowest BCUT2D eigenvalue weighted by Crippen LogP contribution is -2.46. The molecule has 1 unspecified atom stereocenters. The number of piperidine rings is 1. The van der Waals surface area contributed by atoms with E-state index in [-0.39, 0.29) is 11.9 Å². The molecule has 1 aliphatic heterocycles. The van der Waals surface area contributed by atoms with Gasteiger partial charge >= 0.3 is 0 Å². The lowest BCUT2D eigenvalue weighted by atomic mass is 10.1. The number of nitrogens with one attached hydrogen (secondary N) is 1. The quantitative estimate of drug-likeness (QED) is 0.910. The SMILES string of the molecule is Cc1nn(C)c(CNC(C)C(=O)N2CCCCC2)c1Br. The Bertz CT molecular complexity index is 480. The summed E-state index contributed by atoms with van der Waals surface area (Å²) in [5.41, 5.74) is 2.04. The average Bonchev–Trinajstić information content (AvgIpc) is 2.70. The number of hydrogen-bond donors (Lipinski definition) is 1. The van der Waals surface area contributed by atoms with Crippen molar-refractivity contribution in [3.63, 3.8) is 0 Å². The second-order valence-corrected chi connectivity index (χ2v) is 6.25. The van der Waals surface area contributed by atoms with Gasteiger partial charge in [-0.05, 0) is 49.0 Å². The fraction of sp³-hybridized carbons (Fsp3) is 0.714. The topological polar surface area (TPSA) is 50.2 Å². The Morgan fingerprint density at radius 2 is 2.05 bits per heavy atom. The summed E-state index contributed by atoms with van der Waals surface area (Å²) >= 11 is 3.55. The van der Waals surface area contributed by atoms with Crippen LogP contribution in [0.2, 0.25) is 0 Å². The molecule has 1 N–H and O–H groups in total. The predicted octanol–water partition coefficient (Wildman–Crippen LogP) is 1.98. The van der Waals surface area contributed by atoms with Gasteiger partial charge in [0, 0.05) is 26.7 Å². The lowest BCUT2D eigenvalue weighted by Gasteiger charge is -2.29. The Balaban J connectivity index is 1.91. The monoisotopic (exact) mass is 342 g/mol. The number of rotatable bonds is 4. The molecule has 20 heavy (non-hydrogen) atoms. The van der Waals surface area contributed by atoms with Crippen LogP contribution in [0.25, 0.3) is 0 Å². The third-order valence-electron chi connectivity index (χ3n) is 3.88. The van der Waals surface area contributed by atoms with Gasteiger partial charge in [-0.15, -0.1) is 0 Å². The second kappa shape index (κ2) is 6.72. The van der Waals surface area contributed by atoms with Gasteiger partial charge < -0.3 is 10.2 Å². The van der Waals surface area contributed by atoms with Crippen LogP contribution in [0.1, 0.15) is 37.6 Å². The van der Waals surface area contributed by atoms with E-state index in [1.807, 2.05) is 30.5 Å². The molecule has 1 amide bonds. The zero-order valence-corrected chi connectivity index (χ0v) is 14.0. The van der Waals surface area contributed by atoms with Crippen LogP contribution < -0.4 is 5.32 Å². The number of nitrogens with zero attached hydrogens (tertiary/aromatic N) is 3. The van der Waals surface area contributed by atoms with E-state index in [9.17, 15) is 4.79 Å². The van der Waals surface area contributed by atoms with Gasteiger partial charge in [-0.1, -0.05) is 0 Å². The van der Waals surface area contributed by atoms with Crippen molar-refractivity contribution in [1.82, 2.24) is 20.0 Å². The molecule has 2 rings (SSSR count). The molecule has 5 nitrogen and oxygen atoms in total. The van der Waals surface area contributed by atoms with Crippen molar-refractivity contribution < 1.29 is 4.79 Å². The van der Waals surface area contributed by atoms with Crippen molar-refractivity contribution in [3.05, 3.63) is 15.9 Å². The van der Waals surface area contributed by atoms with Gasteiger partial charge in [0.2, 0.25) is 5.91 Å². The van der Waals surface area contributed by atoms with Crippen molar-refractivity contribution >= 4 is 21.8 Å². The molecule has 0 saturated carbocycles. The summed E-state index contributed by atoms with van der Waals surface area (Å²) in [4.78, 5) is 14.3. The first-order valence-corrected chi connectivity index (χ1v) is 8.00. The first-order valence-electron chi connectivity index (χ1n) is 7.21. The molecule has 0 aliphatic carbocycles. The summed E-state index contributed by atoms with van der Waals surface area (Å²) in [6, 6.07) is -0.157. The number of likely N-dealkylation sites (tertiary alicyclic amines) is 1. The first kappa shape index (κ1) is 15.5. The fourth-order valence-electron chi connectivity index (χ4n) is 2.60. The molecule has 0 spiro atoms. The highest BCUT2D eigenvalue weighted by molar-refractivity contribution is 9.10. The molecule has 2 heterocycles. The molecule has 6 heteroatoms. The molecule has 0 radical (unpaired) electrons. The molecule has 0 aromatic carbocycles. The maximum absolute atomic E-state index is 12.3. The lowest BCUT2D eigenvalue weighted by molar-refractivity contribution is -0.133. The molecular weight excluding hydrogens is 320 g/mol. The van der Waals surface area contributed by atoms with Crippen LogP contribution in [0.5, 0.6) is 0 Å². The van der Waals surface area contributed by atoms with E-state index >= 15 is 0 Å². The summed E-state index contributed by atoms with van der Waals surface area (Å²) in [7, 11) is 1.92. The minimum Gasteiger partial charge on any atom is -0.341 e. The molecule has 0 bridgehead atoms. The summed E-state index contributed by atoms with van der Waals surface area (Å²) in [5, 5.41) is 7.67. The van der Waals surface area contributed by atoms with Crippen molar-refractivity contribution in [1.29, 1.82) is 0 Å².